The number of alkyl halides is 2. The van der Waals surface area contributed by atoms with Crippen molar-refractivity contribution in [1.29, 1.82) is 0 Å². The lowest BCUT2D eigenvalue weighted by Crippen LogP contribution is -2.49. The number of nitrogens with one attached hydrogen (secondary N) is 1. The monoisotopic (exact) mass is 481 g/mol. The van der Waals surface area contributed by atoms with Gasteiger partial charge in [0.2, 0.25) is 0 Å². The van der Waals surface area contributed by atoms with Gasteiger partial charge in [0.05, 0.1) is 24.8 Å². The number of hydrogen-bond donors (Lipinski definition) is 1. The first kappa shape index (κ1) is 22.6. The number of benzene rings is 2. The Morgan fingerprint density at radius 3 is 2.83 bits per heavy atom. The third-order valence-corrected chi connectivity index (χ3v) is 7.88. The average Bonchev–Trinajstić information content (AvgIpc) is 3.17. The van der Waals surface area contributed by atoms with Gasteiger partial charge >= 0.3 is 0 Å². The smallest absolute Gasteiger partial charge is 0.273 e. The summed E-state index contributed by atoms with van der Waals surface area (Å²) in [7, 11) is 1.75. The fourth-order valence-corrected chi connectivity index (χ4v) is 6.06. The maximum Gasteiger partial charge on any atom is 0.273 e. The first-order chi connectivity index (χ1) is 16.8. The van der Waals surface area contributed by atoms with E-state index in [0.717, 1.165) is 39.8 Å². The summed E-state index contributed by atoms with van der Waals surface area (Å²) < 4.78 is 46.7. The van der Waals surface area contributed by atoms with Crippen LogP contribution in [-0.2, 0) is 27.4 Å². The molecule has 0 bridgehead atoms. The Kier molecular flexibility index (Phi) is 5.23. The Balaban J connectivity index is 1.44. The standard InChI is InChI=1S/C27H29F2N3O3/c1-15(18-5-4-6-21-19(18)7-8-27(21,28)29)30-25-20-11-22-24(12-23(20)31-16(2)32-25)35-14-17-13-34-10-9-26(17,22)33-3/h4-6,11-12,15,17H,7-10,13-14H2,1-3H3,(H,30,31,32)/t15-,17?,26?/m1/s1. The molecule has 0 amide bonds. The van der Waals surface area contributed by atoms with Gasteiger partial charge in [0.15, 0.2) is 0 Å². The Bertz CT molecular complexity index is 1310. The van der Waals surface area contributed by atoms with E-state index in [-0.39, 0.29) is 23.9 Å². The van der Waals surface area contributed by atoms with E-state index in [0.29, 0.717) is 37.9 Å². The minimum absolute atomic E-state index is 0.0986. The summed E-state index contributed by atoms with van der Waals surface area (Å²) in [4.78, 5) is 9.37. The summed E-state index contributed by atoms with van der Waals surface area (Å²) in [5.41, 5.74) is 3.03. The van der Waals surface area contributed by atoms with Gasteiger partial charge in [-0.3, -0.25) is 0 Å². The molecule has 8 heteroatoms. The van der Waals surface area contributed by atoms with Crippen molar-refractivity contribution in [3.63, 3.8) is 0 Å². The molecule has 0 spiro atoms. The van der Waals surface area contributed by atoms with Crippen LogP contribution in [0.15, 0.2) is 30.3 Å². The lowest BCUT2D eigenvalue weighted by Gasteiger charge is -2.46. The lowest BCUT2D eigenvalue weighted by atomic mass is 9.75. The fraction of sp³-hybridized carbons (Fsp3) is 0.481. The number of halogens is 2. The predicted molar refractivity (Wildman–Crippen MR) is 128 cm³/mol. The molecule has 35 heavy (non-hydrogen) atoms. The van der Waals surface area contributed by atoms with Crippen LogP contribution in [0.25, 0.3) is 10.9 Å². The van der Waals surface area contributed by atoms with Crippen molar-refractivity contribution in [1.82, 2.24) is 9.97 Å². The quantitative estimate of drug-likeness (QED) is 0.537. The van der Waals surface area contributed by atoms with Crippen LogP contribution in [0.3, 0.4) is 0 Å². The van der Waals surface area contributed by atoms with Gasteiger partial charge in [-0.1, -0.05) is 18.2 Å². The molecular formula is C27H29F2N3O3. The number of ether oxygens (including phenoxy) is 3. The largest absolute Gasteiger partial charge is 0.493 e. The third-order valence-electron chi connectivity index (χ3n) is 7.88. The number of methoxy groups -OCH3 is 1. The molecule has 2 unspecified atom stereocenters. The lowest BCUT2D eigenvalue weighted by molar-refractivity contribution is -0.159. The minimum Gasteiger partial charge on any atom is -0.493 e. The molecule has 6 rings (SSSR count). The predicted octanol–water partition coefficient (Wildman–Crippen LogP) is 5.42. The van der Waals surface area contributed by atoms with Crippen LogP contribution in [0.5, 0.6) is 5.75 Å². The maximum atomic E-state index is 14.4. The Labute approximate surface area is 203 Å². The van der Waals surface area contributed by atoms with Gasteiger partial charge in [-0.25, -0.2) is 18.7 Å². The van der Waals surface area contributed by atoms with Crippen LogP contribution in [0.1, 0.15) is 53.9 Å². The van der Waals surface area contributed by atoms with Crippen LogP contribution in [0.4, 0.5) is 14.6 Å². The Morgan fingerprint density at radius 2 is 2.00 bits per heavy atom. The second kappa shape index (κ2) is 8.10. The number of rotatable bonds is 4. The van der Waals surface area contributed by atoms with Crippen molar-refractivity contribution in [3.05, 3.63) is 58.4 Å². The van der Waals surface area contributed by atoms with E-state index in [2.05, 4.69) is 16.4 Å². The van der Waals surface area contributed by atoms with Crippen molar-refractivity contribution in [2.24, 2.45) is 5.92 Å². The second-order valence-electron chi connectivity index (χ2n) is 9.86. The van der Waals surface area contributed by atoms with E-state index >= 15 is 0 Å². The summed E-state index contributed by atoms with van der Waals surface area (Å²) in [5.74, 6) is -0.597. The topological polar surface area (TPSA) is 65.5 Å². The van der Waals surface area contributed by atoms with Crippen molar-refractivity contribution in [2.45, 2.75) is 50.7 Å². The number of fused-ring (bicyclic) bond motifs is 5. The van der Waals surface area contributed by atoms with Crippen LogP contribution in [0.2, 0.25) is 0 Å². The molecule has 1 saturated heterocycles. The van der Waals surface area contributed by atoms with Crippen molar-refractivity contribution >= 4 is 16.7 Å². The fourth-order valence-electron chi connectivity index (χ4n) is 6.06. The van der Waals surface area contributed by atoms with Crippen molar-refractivity contribution in [2.75, 3.05) is 32.2 Å². The summed E-state index contributed by atoms with van der Waals surface area (Å²) in [5, 5.41) is 4.36. The number of hydrogen-bond acceptors (Lipinski definition) is 6. The first-order valence-electron chi connectivity index (χ1n) is 12.2. The highest BCUT2D eigenvalue weighted by atomic mass is 19.3. The number of aromatic nitrogens is 2. The summed E-state index contributed by atoms with van der Waals surface area (Å²) in [6.07, 6.45) is 0.975. The van der Waals surface area contributed by atoms with Crippen LogP contribution >= 0.6 is 0 Å². The molecule has 6 nitrogen and oxygen atoms in total. The molecule has 3 heterocycles. The van der Waals surface area contributed by atoms with Crippen LogP contribution < -0.4 is 10.1 Å². The van der Waals surface area contributed by atoms with Gasteiger partial charge in [0.25, 0.3) is 5.92 Å². The SMILES string of the molecule is COC12CCOCC1COc1cc3nc(C)nc(N[C@H](C)c4cccc5c4CCC5(F)F)c3cc12. The third kappa shape index (κ3) is 3.49. The zero-order chi connectivity index (χ0) is 24.4. The molecule has 184 valence electrons. The molecule has 2 aliphatic heterocycles. The van der Waals surface area contributed by atoms with E-state index in [1.807, 2.05) is 26.0 Å². The van der Waals surface area contributed by atoms with Gasteiger partial charge in [0, 0.05) is 55.1 Å². The Morgan fingerprint density at radius 1 is 1.14 bits per heavy atom. The molecule has 0 radical (unpaired) electrons. The van der Waals surface area contributed by atoms with E-state index in [1.54, 1.807) is 19.2 Å². The molecule has 3 atom stereocenters. The maximum absolute atomic E-state index is 14.4. The van der Waals surface area contributed by atoms with E-state index < -0.39 is 11.5 Å². The number of anilines is 1. The first-order valence-corrected chi connectivity index (χ1v) is 12.2. The highest BCUT2D eigenvalue weighted by Gasteiger charge is 2.48. The summed E-state index contributed by atoms with van der Waals surface area (Å²) in [6, 6.07) is 9.01. The van der Waals surface area contributed by atoms with Crippen molar-refractivity contribution < 1.29 is 23.0 Å². The zero-order valence-electron chi connectivity index (χ0n) is 20.2. The van der Waals surface area contributed by atoms with Gasteiger partial charge in [-0.15, -0.1) is 0 Å². The molecule has 1 aromatic heterocycles. The van der Waals surface area contributed by atoms with Gasteiger partial charge in [0.1, 0.15) is 23.0 Å². The summed E-state index contributed by atoms with van der Waals surface area (Å²) in [6.45, 7) is 5.57. The summed E-state index contributed by atoms with van der Waals surface area (Å²) >= 11 is 0. The minimum atomic E-state index is -2.77. The Hall–Kier alpha value is -2.84. The van der Waals surface area contributed by atoms with E-state index in [4.69, 9.17) is 19.2 Å². The molecule has 3 aromatic rings. The number of nitrogens with zero attached hydrogens (tertiary/aromatic N) is 2. The highest BCUT2D eigenvalue weighted by molar-refractivity contribution is 5.91. The molecule has 1 fully saturated rings. The molecular weight excluding hydrogens is 452 g/mol. The second-order valence-corrected chi connectivity index (χ2v) is 9.86. The molecule has 3 aliphatic rings. The molecule has 1 N–H and O–H groups in total. The van der Waals surface area contributed by atoms with Crippen LogP contribution in [0, 0.1) is 12.8 Å². The zero-order valence-corrected chi connectivity index (χ0v) is 20.2. The van der Waals surface area contributed by atoms with E-state index in [9.17, 15) is 8.78 Å². The molecule has 0 saturated carbocycles. The van der Waals surface area contributed by atoms with Gasteiger partial charge in [-0.05, 0) is 37.5 Å². The van der Waals surface area contributed by atoms with Crippen molar-refractivity contribution in [3.8, 4) is 5.75 Å². The van der Waals surface area contributed by atoms with Crippen LogP contribution in [-0.4, -0.2) is 36.9 Å². The number of aryl methyl sites for hydroxylation is 1. The van der Waals surface area contributed by atoms with E-state index in [1.165, 1.54) is 0 Å². The van der Waals surface area contributed by atoms with Gasteiger partial charge < -0.3 is 19.5 Å². The average molecular weight is 482 g/mol. The normalized spacial score (nSPS) is 25.3. The highest BCUT2D eigenvalue weighted by Crippen LogP contribution is 2.49. The van der Waals surface area contributed by atoms with Gasteiger partial charge in [-0.2, -0.15) is 0 Å². The molecule has 2 aromatic carbocycles. The molecule has 1 aliphatic carbocycles.